The van der Waals surface area contributed by atoms with Crippen LogP contribution in [-0.2, 0) is 16.1 Å². The third-order valence-corrected chi connectivity index (χ3v) is 6.45. The van der Waals surface area contributed by atoms with Crippen LogP contribution in [0.5, 0.6) is 5.75 Å². The topological polar surface area (TPSA) is 109 Å². The molecular weight excluding hydrogens is 467 g/mol. The highest BCUT2D eigenvalue weighted by Crippen LogP contribution is 2.32. The molecular formula is C26H31FN4O5. The zero-order valence-corrected chi connectivity index (χ0v) is 20.4. The Hall–Kier alpha value is -3.66. The van der Waals surface area contributed by atoms with Gasteiger partial charge in [0, 0.05) is 31.4 Å². The molecule has 2 aliphatic rings. The maximum atomic E-state index is 13.8. The van der Waals surface area contributed by atoms with E-state index in [1.807, 2.05) is 6.92 Å². The molecule has 0 saturated carbocycles. The lowest BCUT2D eigenvalue weighted by molar-refractivity contribution is -0.134. The molecule has 1 fully saturated rings. The second kappa shape index (κ2) is 11.4. The van der Waals surface area contributed by atoms with Crippen molar-refractivity contribution in [2.45, 2.75) is 51.0 Å². The van der Waals surface area contributed by atoms with Gasteiger partial charge in [0.2, 0.25) is 5.91 Å². The fourth-order valence-electron chi connectivity index (χ4n) is 4.56. The van der Waals surface area contributed by atoms with Gasteiger partial charge in [0.15, 0.2) is 0 Å². The Morgan fingerprint density at radius 1 is 1.14 bits per heavy atom. The number of ether oxygens (including phenoxy) is 2. The number of urea groups is 1. The smallest absolute Gasteiger partial charge is 0.319 e. The lowest BCUT2D eigenvalue weighted by Gasteiger charge is -2.42. The number of rotatable bonds is 6. The number of amides is 4. The van der Waals surface area contributed by atoms with Gasteiger partial charge < -0.3 is 30.3 Å². The lowest BCUT2D eigenvalue weighted by atomic mass is 9.94. The number of benzene rings is 2. The number of fused-ring (bicyclic) bond motifs is 2. The second-order valence-electron chi connectivity index (χ2n) is 8.94. The number of nitrogens with zero attached hydrogens (tertiary/aromatic N) is 1. The van der Waals surface area contributed by atoms with E-state index in [-0.39, 0.29) is 55.4 Å². The van der Waals surface area contributed by atoms with Crippen LogP contribution in [0.4, 0.5) is 14.9 Å². The molecule has 0 aliphatic carbocycles. The summed E-state index contributed by atoms with van der Waals surface area (Å²) >= 11 is 0. The fourth-order valence-corrected chi connectivity index (χ4v) is 4.56. The van der Waals surface area contributed by atoms with E-state index in [4.69, 9.17) is 9.47 Å². The van der Waals surface area contributed by atoms with Gasteiger partial charge in [-0.3, -0.25) is 9.59 Å². The van der Waals surface area contributed by atoms with Crippen molar-refractivity contribution in [2.75, 3.05) is 25.5 Å². The van der Waals surface area contributed by atoms with Crippen molar-refractivity contribution in [1.82, 2.24) is 15.5 Å². The van der Waals surface area contributed by atoms with Crippen molar-refractivity contribution in [3.63, 3.8) is 0 Å². The molecule has 2 aromatic rings. The van der Waals surface area contributed by atoms with E-state index in [0.717, 1.165) is 0 Å². The summed E-state index contributed by atoms with van der Waals surface area (Å²) in [6.07, 6.45) is 0.645. The summed E-state index contributed by atoms with van der Waals surface area (Å²) in [4.78, 5) is 39.3. The first kappa shape index (κ1) is 25.4. The van der Waals surface area contributed by atoms with Crippen molar-refractivity contribution < 1.29 is 28.2 Å². The van der Waals surface area contributed by atoms with Crippen LogP contribution in [0.3, 0.4) is 0 Å². The van der Waals surface area contributed by atoms with Crippen LogP contribution in [0.25, 0.3) is 0 Å². The molecule has 192 valence electrons. The monoisotopic (exact) mass is 498 g/mol. The summed E-state index contributed by atoms with van der Waals surface area (Å²) in [7, 11) is 1.73. The van der Waals surface area contributed by atoms with Crippen LogP contribution < -0.4 is 20.7 Å². The number of halogens is 1. The van der Waals surface area contributed by atoms with Crippen molar-refractivity contribution in [3.8, 4) is 5.75 Å². The summed E-state index contributed by atoms with van der Waals surface area (Å²) < 4.78 is 25.9. The first-order valence-electron chi connectivity index (χ1n) is 12.1. The summed E-state index contributed by atoms with van der Waals surface area (Å²) in [6.45, 7) is 2.63. The van der Waals surface area contributed by atoms with Gasteiger partial charge >= 0.3 is 6.03 Å². The number of likely N-dealkylation sites (N-methyl/N-ethyl adjacent to an activating group) is 1. The summed E-state index contributed by atoms with van der Waals surface area (Å²) in [6, 6.07) is 10.7. The number of carbonyl (C=O) groups excluding carboxylic acids is 3. The third-order valence-electron chi connectivity index (χ3n) is 6.45. The molecule has 0 unspecified atom stereocenters. The van der Waals surface area contributed by atoms with Crippen molar-refractivity contribution in [3.05, 3.63) is 59.4 Å². The number of hydrogen-bond acceptors (Lipinski definition) is 5. The van der Waals surface area contributed by atoms with Gasteiger partial charge in [0.25, 0.3) is 5.91 Å². The average molecular weight is 499 g/mol. The Labute approximate surface area is 209 Å². The highest BCUT2D eigenvalue weighted by atomic mass is 19.1. The Morgan fingerprint density at radius 2 is 1.94 bits per heavy atom. The van der Waals surface area contributed by atoms with E-state index in [2.05, 4.69) is 16.0 Å². The lowest BCUT2D eigenvalue weighted by Crippen LogP contribution is -2.53. The van der Waals surface area contributed by atoms with Gasteiger partial charge in [-0.05, 0) is 44.0 Å². The van der Waals surface area contributed by atoms with Crippen molar-refractivity contribution in [2.24, 2.45) is 0 Å². The molecule has 10 heteroatoms. The molecule has 0 radical (unpaired) electrons. The van der Waals surface area contributed by atoms with Gasteiger partial charge in [-0.25, -0.2) is 9.18 Å². The normalized spacial score (nSPS) is 21.2. The average Bonchev–Trinajstić information content (AvgIpc) is 2.86. The number of carbonyl (C=O) groups is 3. The molecule has 3 N–H and O–H groups in total. The third kappa shape index (κ3) is 5.93. The molecule has 2 aliphatic heterocycles. The molecule has 4 rings (SSSR count). The molecule has 0 aromatic heterocycles. The maximum absolute atomic E-state index is 13.8. The predicted molar refractivity (Wildman–Crippen MR) is 131 cm³/mol. The Balaban J connectivity index is 1.38. The standard InChI is InChI=1S/C26H31FN4O5/c1-3-28-26(34)30-17-8-11-22-19(12-17)25(33)31(2)21-10-9-18(36-23(21)15-35-22)13-24(32)29-14-16-6-4-5-7-20(16)27/h4-8,11-12,18,21,23H,3,9-10,13-15H2,1-2H3,(H,29,32)(H2,28,30,34)/t18-,21-,23-/m0/s1. The summed E-state index contributed by atoms with van der Waals surface area (Å²) in [5.74, 6) is -0.416. The Bertz CT molecular complexity index is 1130. The SMILES string of the molecule is CCNC(=O)Nc1ccc2c(c1)C(=O)N(C)[C@H]1CC[C@@H](CC(=O)NCc3ccccc3F)O[C@H]1CO2. The fraction of sp³-hybridized carbons (Fsp3) is 0.423. The van der Waals surface area contributed by atoms with E-state index in [0.29, 0.717) is 42.0 Å². The van der Waals surface area contributed by atoms with Crippen LogP contribution in [0, 0.1) is 5.82 Å². The van der Waals surface area contributed by atoms with E-state index in [1.54, 1.807) is 48.3 Å². The molecule has 0 bridgehead atoms. The molecule has 3 atom stereocenters. The predicted octanol–water partition coefficient (Wildman–Crippen LogP) is 3.05. The van der Waals surface area contributed by atoms with Crippen LogP contribution in [0.15, 0.2) is 42.5 Å². The molecule has 36 heavy (non-hydrogen) atoms. The minimum Gasteiger partial charge on any atom is -0.490 e. The van der Waals surface area contributed by atoms with E-state index >= 15 is 0 Å². The molecule has 9 nitrogen and oxygen atoms in total. The maximum Gasteiger partial charge on any atom is 0.319 e. The van der Waals surface area contributed by atoms with Crippen LogP contribution in [-0.4, -0.2) is 61.2 Å². The molecule has 2 heterocycles. The first-order chi connectivity index (χ1) is 17.4. The van der Waals surface area contributed by atoms with Crippen LogP contribution in [0.1, 0.15) is 42.1 Å². The first-order valence-corrected chi connectivity index (χ1v) is 12.1. The van der Waals surface area contributed by atoms with Gasteiger partial charge in [0.1, 0.15) is 24.3 Å². The number of anilines is 1. The Kier molecular flexibility index (Phi) is 8.04. The second-order valence-corrected chi connectivity index (χ2v) is 8.94. The largest absolute Gasteiger partial charge is 0.490 e. The zero-order valence-electron chi connectivity index (χ0n) is 20.4. The zero-order chi connectivity index (χ0) is 25.7. The van der Waals surface area contributed by atoms with E-state index in [1.165, 1.54) is 6.07 Å². The van der Waals surface area contributed by atoms with Crippen LogP contribution in [0.2, 0.25) is 0 Å². The molecule has 0 spiro atoms. The molecule has 4 amide bonds. The van der Waals surface area contributed by atoms with Gasteiger partial charge in [-0.2, -0.15) is 0 Å². The van der Waals surface area contributed by atoms with Gasteiger partial charge in [-0.1, -0.05) is 18.2 Å². The molecule has 1 saturated heterocycles. The summed E-state index contributed by atoms with van der Waals surface area (Å²) in [5, 5.41) is 8.11. The Morgan fingerprint density at radius 3 is 2.72 bits per heavy atom. The van der Waals surface area contributed by atoms with Gasteiger partial charge in [0.05, 0.1) is 24.1 Å². The van der Waals surface area contributed by atoms with Crippen molar-refractivity contribution >= 4 is 23.5 Å². The number of nitrogens with one attached hydrogen (secondary N) is 3. The minimum absolute atomic E-state index is 0.109. The highest BCUT2D eigenvalue weighted by Gasteiger charge is 2.39. The summed E-state index contributed by atoms with van der Waals surface area (Å²) in [5.41, 5.74) is 1.27. The van der Waals surface area contributed by atoms with Crippen molar-refractivity contribution in [1.29, 1.82) is 0 Å². The quantitative estimate of drug-likeness (QED) is 0.567. The van der Waals surface area contributed by atoms with Gasteiger partial charge in [-0.15, -0.1) is 0 Å². The van der Waals surface area contributed by atoms with E-state index < -0.39 is 6.10 Å². The van der Waals surface area contributed by atoms with Crippen LogP contribution >= 0.6 is 0 Å². The van der Waals surface area contributed by atoms with E-state index in [9.17, 15) is 18.8 Å². The molecule has 2 aromatic carbocycles. The minimum atomic E-state index is -0.404. The number of hydrogen-bond donors (Lipinski definition) is 3. The highest BCUT2D eigenvalue weighted by molar-refractivity contribution is 5.99.